The fourth-order valence-corrected chi connectivity index (χ4v) is 4.76. The van der Waals surface area contributed by atoms with Crippen molar-refractivity contribution < 1.29 is 13.2 Å². The predicted molar refractivity (Wildman–Crippen MR) is 82.9 cm³/mol. The molecule has 0 amide bonds. The third kappa shape index (κ3) is 4.50. The highest BCUT2D eigenvalue weighted by molar-refractivity contribution is 7.91. The van der Waals surface area contributed by atoms with Crippen LogP contribution < -0.4 is 10.0 Å². The van der Waals surface area contributed by atoms with Gasteiger partial charge in [-0.3, -0.25) is 0 Å². The van der Waals surface area contributed by atoms with E-state index in [0.29, 0.717) is 22.7 Å². The maximum absolute atomic E-state index is 12.3. The summed E-state index contributed by atoms with van der Waals surface area (Å²) in [7, 11) is -3.36. The lowest BCUT2D eigenvalue weighted by molar-refractivity contribution is 0.0678. The van der Waals surface area contributed by atoms with Crippen molar-refractivity contribution in [2.75, 3.05) is 19.8 Å². The quantitative estimate of drug-likeness (QED) is 0.799. The molecule has 2 fully saturated rings. The van der Waals surface area contributed by atoms with Gasteiger partial charge >= 0.3 is 0 Å². The highest BCUT2D eigenvalue weighted by Gasteiger charge is 2.22. The Balaban J connectivity index is 1.53. The molecule has 2 heterocycles. The van der Waals surface area contributed by atoms with Gasteiger partial charge in [-0.05, 0) is 48.6 Å². The fourth-order valence-electron chi connectivity index (χ4n) is 2.39. The summed E-state index contributed by atoms with van der Waals surface area (Å²) in [5.74, 6) is 0.393. The molecule has 3 rings (SSSR count). The van der Waals surface area contributed by atoms with Crippen LogP contribution in [0.1, 0.15) is 31.2 Å². The van der Waals surface area contributed by atoms with E-state index in [9.17, 15) is 8.42 Å². The van der Waals surface area contributed by atoms with Crippen molar-refractivity contribution in [3.63, 3.8) is 0 Å². The number of hydrogen-bond donors (Lipinski definition) is 2. The molecule has 21 heavy (non-hydrogen) atoms. The molecule has 0 unspecified atom stereocenters. The van der Waals surface area contributed by atoms with E-state index < -0.39 is 10.0 Å². The van der Waals surface area contributed by atoms with Gasteiger partial charge in [0.25, 0.3) is 0 Å². The molecule has 7 heteroatoms. The van der Waals surface area contributed by atoms with Crippen LogP contribution >= 0.6 is 11.3 Å². The minimum atomic E-state index is -3.36. The van der Waals surface area contributed by atoms with E-state index in [1.807, 2.05) is 5.38 Å². The predicted octanol–water partition coefficient (Wildman–Crippen LogP) is 1.70. The van der Waals surface area contributed by atoms with E-state index in [1.165, 1.54) is 24.2 Å². The number of sulfonamides is 1. The van der Waals surface area contributed by atoms with Gasteiger partial charge in [0.05, 0.1) is 0 Å². The highest BCUT2D eigenvalue weighted by atomic mass is 32.2. The molecule has 1 saturated carbocycles. The summed E-state index contributed by atoms with van der Waals surface area (Å²) in [6.45, 7) is 2.75. The average molecular weight is 330 g/mol. The Labute approximate surface area is 130 Å². The zero-order valence-electron chi connectivity index (χ0n) is 12.0. The normalized spacial score (nSPS) is 20.8. The third-order valence-corrected chi connectivity index (χ3v) is 6.88. The van der Waals surface area contributed by atoms with Crippen LogP contribution in [-0.2, 0) is 21.3 Å². The van der Waals surface area contributed by atoms with Crippen molar-refractivity contribution in [1.82, 2.24) is 10.0 Å². The molecule has 118 valence electrons. The summed E-state index contributed by atoms with van der Waals surface area (Å²) in [6, 6.07) is 2.42. The van der Waals surface area contributed by atoms with Crippen molar-refractivity contribution in [2.24, 2.45) is 5.92 Å². The van der Waals surface area contributed by atoms with Gasteiger partial charge in [-0.25, -0.2) is 13.1 Å². The summed E-state index contributed by atoms with van der Waals surface area (Å²) in [4.78, 5) is 0. The van der Waals surface area contributed by atoms with Crippen LogP contribution in [0.25, 0.3) is 0 Å². The van der Waals surface area contributed by atoms with Crippen molar-refractivity contribution >= 4 is 21.4 Å². The zero-order valence-corrected chi connectivity index (χ0v) is 13.6. The molecule has 1 saturated heterocycles. The summed E-state index contributed by atoms with van der Waals surface area (Å²) in [5.41, 5.74) is 1.05. The zero-order chi connectivity index (χ0) is 14.7. The minimum Gasteiger partial charge on any atom is -0.381 e. The Morgan fingerprint density at radius 3 is 2.71 bits per heavy atom. The van der Waals surface area contributed by atoms with Gasteiger partial charge in [0, 0.05) is 32.3 Å². The Morgan fingerprint density at radius 1 is 1.24 bits per heavy atom. The lowest BCUT2D eigenvalue weighted by Gasteiger charge is -2.21. The van der Waals surface area contributed by atoms with Crippen molar-refractivity contribution in [1.29, 1.82) is 0 Å². The van der Waals surface area contributed by atoms with Crippen molar-refractivity contribution in [3.05, 3.63) is 17.0 Å². The smallest absolute Gasteiger partial charge is 0.250 e. The Kier molecular flexibility index (Phi) is 4.96. The molecule has 1 aromatic heterocycles. The first kappa shape index (κ1) is 15.4. The number of nitrogens with one attached hydrogen (secondary N) is 2. The van der Waals surface area contributed by atoms with Crippen LogP contribution in [0, 0.1) is 5.92 Å². The largest absolute Gasteiger partial charge is 0.381 e. The number of hydrogen-bond acceptors (Lipinski definition) is 5. The maximum Gasteiger partial charge on any atom is 0.250 e. The molecule has 5 nitrogen and oxygen atoms in total. The monoisotopic (exact) mass is 330 g/mol. The summed E-state index contributed by atoms with van der Waals surface area (Å²) < 4.78 is 33.0. The Morgan fingerprint density at radius 2 is 2.00 bits per heavy atom. The van der Waals surface area contributed by atoms with Crippen LogP contribution in [0.2, 0.25) is 0 Å². The van der Waals surface area contributed by atoms with Gasteiger partial charge in [-0.1, -0.05) is 0 Å². The molecular formula is C14H22N2O3S2. The summed E-state index contributed by atoms with van der Waals surface area (Å²) in [5, 5.41) is 5.33. The first-order chi connectivity index (χ1) is 10.1. The van der Waals surface area contributed by atoms with Gasteiger partial charge < -0.3 is 10.1 Å². The van der Waals surface area contributed by atoms with Crippen molar-refractivity contribution in [3.8, 4) is 0 Å². The Hall–Kier alpha value is -0.470. The fraction of sp³-hybridized carbons (Fsp3) is 0.714. The second-order valence-corrected chi connectivity index (χ2v) is 8.74. The van der Waals surface area contributed by atoms with Gasteiger partial charge in [-0.2, -0.15) is 0 Å². The number of rotatable bonds is 7. The molecule has 1 aliphatic carbocycles. The van der Waals surface area contributed by atoms with Crippen LogP contribution in [0.5, 0.6) is 0 Å². The van der Waals surface area contributed by atoms with Gasteiger partial charge in [-0.15, -0.1) is 11.3 Å². The molecule has 2 N–H and O–H groups in total. The first-order valence-electron chi connectivity index (χ1n) is 7.52. The van der Waals surface area contributed by atoms with Crippen LogP contribution in [0.15, 0.2) is 15.7 Å². The van der Waals surface area contributed by atoms with E-state index in [2.05, 4.69) is 10.0 Å². The van der Waals surface area contributed by atoms with Gasteiger partial charge in [0.1, 0.15) is 4.21 Å². The second-order valence-electron chi connectivity index (χ2n) is 5.84. The van der Waals surface area contributed by atoms with Gasteiger partial charge in [0.15, 0.2) is 0 Å². The molecule has 1 aliphatic heterocycles. The van der Waals surface area contributed by atoms with E-state index in [-0.39, 0.29) is 0 Å². The van der Waals surface area contributed by atoms with E-state index >= 15 is 0 Å². The van der Waals surface area contributed by atoms with Crippen LogP contribution in [0.3, 0.4) is 0 Å². The van der Waals surface area contributed by atoms with E-state index in [0.717, 1.165) is 38.2 Å². The number of ether oxygens (including phenoxy) is 1. The maximum atomic E-state index is 12.3. The second kappa shape index (κ2) is 6.75. The third-order valence-electron chi connectivity index (χ3n) is 3.97. The lowest BCUT2D eigenvalue weighted by Crippen LogP contribution is -2.31. The van der Waals surface area contributed by atoms with Gasteiger partial charge in [0.2, 0.25) is 10.0 Å². The summed E-state index contributed by atoms with van der Waals surface area (Å²) >= 11 is 1.30. The molecule has 1 aromatic rings. The molecule has 0 aromatic carbocycles. The highest BCUT2D eigenvalue weighted by Crippen LogP contribution is 2.23. The topological polar surface area (TPSA) is 67.4 Å². The molecule has 0 spiro atoms. The molecular weight excluding hydrogens is 308 g/mol. The van der Waals surface area contributed by atoms with Crippen LogP contribution in [0.4, 0.5) is 0 Å². The number of thiophene rings is 1. The standard InChI is InChI=1S/C14H22N2O3S2/c17-21(18,16-9-11-3-5-19-6-4-11)14-7-12(10-20-14)8-15-13-1-2-13/h7,10-11,13,15-16H,1-6,8-9H2. The molecule has 0 bridgehead atoms. The first-order valence-corrected chi connectivity index (χ1v) is 9.88. The molecule has 0 radical (unpaired) electrons. The Bertz CT molecular complexity index is 561. The SMILES string of the molecule is O=S(=O)(NCC1CCOCC1)c1cc(CNC2CC2)cs1. The van der Waals surface area contributed by atoms with E-state index in [1.54, 1.807) is 6.07 Å². The minimum absolute atomic E-state index is 0.393. The van der Waals surface area contributed by atoms with Crippen LogP contribution in [-0.4, -0.2) is 34.2 Å². The molecule has 2 aliphatic rings. The van der Waals surface area contributed by atoms with Crippen molar-refractivity contribution in [2.45, 2.75) is 42.5 Å². The lowest BCUT2D eigenvalue weighted by atomic mass is 10.0. The average Bonchev–Trinajstić information content (AvgIpc) is 3.20. The summed E-state index contributed by atoms with van der Waals surface area (Å²) in [6.07, 6.45) is 4.34. The van der Waals surface area contributed by atoms with E-state index in [4.69, 9.17) is 4.74 Å². The molecule has 0 atom stereocenters.